The summed E-state index contributed by atoms with van der Waals surface area (Å²) < 4.78 is 5.77. The third kappa shape index (κ3) is 2.24. The van der Waals surface area contributed by atoms with Crippen molar-refractivity contribution in [3.63, 3.8) is 0 Å². The Morgan fingerprint density at radius 3 is 3.05 bits per heavy atom. The van der Waals surface area contributed by atoms with Gasteiger partial charge in [-0.1, -0.05) is 31.2 Å². The van der Waals surface area contributed by atoms with Gasteiger partial charge in [0.25, 0.3) is 0 Å². The molecule has 0 radical (unpaired) electrons. The minimum Gasteiger partial charge on any atom is -0.378 e. The number of nitrogens with zero attached hydrogens (tertiary/aromatic N) is 1. The van der Waals surface area contributed by atoms with Crippen LogP contribution < -0.4 is 5.73 Å². The van der Waals surface area contributed by atoms with Crippen molar-refractivity contribution in [3.8, 4) is 0 Å². The molecule has 1 aliphatic heterocycles. The number of fused-ring (bicyclic) bond motifs is 1. The van der Waals surface area contributed by atoms with Crippen LogP contribution >= 0.6 is 0 Å². The Morgan fingerprint density at radius 1 is 1.37 bits per heavy atom. The molecule has 3 unspecified atom stereocenters. The Kier molecular flexibility index (Phi) is 3.49. The summed E-state index contributed by atoms with van der Waals surface area (Å²) >= 11 is 0. The van der Waals surface area contributed by atoms with E-state index in [2.05, 4.69) is 30.1 Å². The van der Waals surface area contributed by atoms with Gasteiger partial charge >= 0.3 is 0 Å². The minimum absolute atomic E-state index is 0.00560. The number of benzene rings is 1. The van der Waals surface area contributed by atoms with Crippen LogP contribution in [0.5, 0.6) is 0 Å². The molecule has 0 bridgehead atoms. The summed E-state index contributed by atoms with van der Waals surface area (Å²) in [4.78, 5) is 4.34. The van der Waals surface area contributed by atoms with Crippen molar-refractivity contribution in [1.82, 2.24) is 4.98 Å². The van der Waals surface area contributed by atoms with Gasteiger partial charge in [0.15, 0.2) is 0 Å². The Bertz CT molecular complexity index is 564. The normalized spacial score (nSPS) is 24.7. The second-order valence-corrected chi connectivity index (χ2v) is 5.25. The monoisotopic (exact) mass is 256 g/mol. The summed E-state index contributed by atoms with van der Waals surface area (Å²) in [6.45, 7) is 2.99. The van der Waals surface area contributed by atoms with E-state index in [0.29, 0.717) is 5.92 Å². The SMILES string of the molecule is CCC1OCCC1C(N)c1cncc2ccccc12. The van der Waals surface area contributed by atoms with Crippen LogP contribution in [0.25, 0.3) is 10.8 Å². The highest BCUT2D eigenvalue weighted by molar-refractivity contribution is 5.85. The molecule has 19 heavy (non-hydrogen) atoms. The standard InChI is InChI=1S/C16H20N2O/c1-2-15-13(7-8-19-15)16(17)14-10-18-9-11-5-3-4-6-12(11)14/h3-6,9-10,13,15-16H,2,7-8,17H2,1H3. The van der Waals surface area contributed by atoms with E-state index in [9.17, 15) is 0 Å². The number of aromatic nitrogens is 1. The number of nitrogens with two attached hydrogens (primary N) is 1. The molecule has 0 saturated carbocycles. The Morgan fingerprint density at radius 2 is 2.21 bits per heavy atom. The van der Waals surface area contributed by atoms with Gasteiger partial charge in [-0.05, 0) is 23.8 Å². The summed E-state index contributed by atoms with van der Waals surface area (Å²) in [5.74, 6) is 0.401. The lowest BCUT2D eigenvalue weighted by molar-refractivity contribution is 0.0814. The van der Waals surface area contributed by atoms with Crippen molar-refractivity contribution in [2.75, 3.05) is 6.61 Å². The lowest BCUT2D eigenvalue weighted by Crippen LogP contribution is -2.28. The molecule has 3 rings (SSSR count). The van der Waals surface area contributed by atoms with Gasteiger partial charge in [0, 0.05) is 36.3 Å². The predicted molar refractivity (Wildman–Crippen MR) is 76.8 cm³/mol. The van der Waals surface area contributed by atoms with E-state index in [0.717, 1.165) is 30.4 Å². The number of pyridine rings is 1. The maximum Gasteiger partial charge on any atom is 0.0619 e. The average Bonchev–Trinajstić information content (AvgIpc) is 2.94. The van der Waals surface area contributed by atoms with Gasteiger partial charge in [0.1, 0.15) is 0 Å². The van der Waals surface area contributed by atoms with Crippen molar-refractivity contribution in [2.45, 2.75) is 31.9 Å². The molecule has 100 valence electrons. The second-order valence-electron chi connectivity index (χ2n) is 5.25. The van der Waals surface area contributed by atoms with E-state index in [-0.39, 0.29) is 12.1 Å². The molecule has 3 nitrogen and oxygen atoms in total. The zero-order valence-electron chi connectivity index (χ0n) is 11.3. The average molecular weight is 256 g/mol. The first kappa shape index (κ1) is 12.6. The fourth-order valence-electron chi connectivity index (χ4n) is 3.13. The summed E-state index contributed by atoms with van der Waals surface area (Å²) in [5.41, 5.74) is 7.66. The molecule has 1 aromatic heterocycles. The predicted octanol–water partition coefficient (Wildman–Crippen LogP) is 3.05. The fraction of sp³-hybridized carbons (Fsp3) is 0.438. The van der Waals surface area contributed by atoms with E-state index < -0.39 is 0 Å². The van der Waals surface area contributed by atoms with Crippen LogP contribution in [0.15, 0.2) is 36.7 Å². The largest absolute Gasteiger partial charge is 0.378 e. The highest BCUT2D eigenvalue weighted by Gasteiger charge is 2.33. The minimum atomic E-state index is 0.00560. The Hall–Kier alpha value is -1.45. The molecule has 0 amide bonds. The lowest BCUT2D eigenvalue weighted by atomic mass is 9.86. The summed E-state index contributed by atoms with van der Waals surface area (Å²) in [7, 11) is 0. The van der Waals surface area contributed by atoms with Crippen LogP contribution in [0, 0.1) is 5.92 Å². The first-order valence-corrected chi connectivity index (χ1v) is 7.01. The molecular formula is C16H20N2O. The summed E-state index contributed by atoms with van der Waals surface area (Å²) in [6.07, 6.45) is 6.17. The number of hydrogen-bond donors (Lipinski definition) is 1. The van der Waals surface area contributed by atoms with Crippen LogP contribution in [0.3, 0.4) is 0 Å². The van der Waals surface area contributed by atoms with Crippen molar-refractivity contribution in [2.24, 2.45) is 11.7 Å². The van der Waals surface area contributed by atoms with Gasteiger partial charge < -0.3 is 10.5 Å². The van der Waals surface area contributed by atoms with Gasteiger partial charge in [-0.25, -0.2) is 0 Å². The third-order valence-corrected chi connectivity index (χ3v) is 4.18. The van der Waals surface area contributed by atoms with Crippen molar-refractivity contribution in [3.05, 3.63) is 42.2 Å². The quantitative estimate of drug-likeness (QED) is 0.918. The lowest BCUT2D eigenvalue weighted by Gasteiger charge is -2.24. The zero-order chi connectivity index (χ0) is 13.2. The first-order chi connectivity index (χ1) is 9.31. The van der Waals surface area contributed by atoms with Crippen LogP contribution in [-0.4, -0.2) is 17.7 Å². The van der Waals surface area contributed by atoms with E-state index in [1.165, 1.54) is 5.39 Å². The van der Waals surface area contributed by atoms with E-state index in [1.807, 2.05) is 18.5 Å². The molecule has 2 aromatic rings. The van der Waals surface area contributed by atoms with Gasteiger partial charge in [0.2, 0.25) is 0 Å². The third-order valence-electron chi connectivity index (χ3n) is 4.18. The molecule has 1 saturated heterocycles. The number of ether oxygens (including phenoxy) is 1. The smallest absolute Gasteiger partial charge is 0.0619 e. The molecule has 0 aliphatic carbocycles. The molecule has 0 spiro atoms. The molecule has 1 fully saturated rings. The zero-order valence-corrected chi connectivity index (χ0v) is 11.3. The molecule has 2 heterocycles. The number of hydrogen-bond acceptors (Lipinski definition) is 3. The molecule has 3 heteroatoms. The molecule has 1 aliphatic rings. The van der Waals surface area contributed by atoms with Crippen molar-refractivity contribution >= 4 is 10.8 Å². The molecular weight excluding hydrogens is 236 g/mol. The fourth-order valence-corrected chi connectivity index (χ4v) is 3.13. The second kappa shape index (κ2) is 5.27. The van der Waals surface area contributed by atoms with Crippen LogP contribution in [-0.2, 0) is 4.74 Å². The van der Waals surface area contributed by atoms with Gasteiger partial charge in [-0.2, -0.15) is 0 Å². The van der Waals surface area contributed by atoms with Crippen molar-refractivity contribution in [1.29, 1.82) is 0 Å². The molecule has 3 atom stereocenters. The summed E-state index contributed by atoms with van der Waals surface area (Å²) in [6, 6.07) is 8.31. The number of rotatable bonds is 3. The van der Waals surface area contributed by atoms with Crippen molar-refractivity contribution < 1.29 is 4.74 Å². The van der Waals surface area contributed by atoms with Gasteiger partial charge in [-0.3, -0.25) is 4.98 Å². The highest BCUT2D eigenvalue weighted by atomic mass is 16.5. The van der Waals surface area contributed by atoms with Crippen LogP contribution in [0.1, 0.15) is 31.4 Å². The van der Waals surface area contributed by atoms with Crippen LogP contribution in [0.4, 0.5) is 0 Å². The van der Waals surface area contributed by atoms with Gasteiger partial charge in [-0.15, -0.1) is 0 Å². The van der Waals surface area contributed by atoms with Crippen LogP contribution in [0.2, 0.25) is 0 Å². The first-order valence-electron chi connectivity index (χ1n) is 7.01. The Labute approximate surface area is 113 Å². The van der Waals surface area contributed by atoms with Gasteiger partial charge in [0.05, 0.1) is 6.10 Å². The topological polar surface area (TPSA) is 48.1 Å². The Balaban J connectivity index is 1.99. The van der Waals surface area contributed by atoms with E-state index >= 15 is 0 Å². The van der Waals surface area contributed by atoms with E-state index in [4.69, 9.17) is 10.5 Å². The molecule has 1 aromatic carbocycles. The van der Waals surface area contributed by atoms with E-state index in [1.54, 1.807) is 0 Å². The highest BCUT2D eigenvalue weighted by Crippen LogP contribution is 2.35. The maximum absolute atomic E-state index is 6.51. The molecule has 2 N–H and O–H groups in total. The summed E-state index contributed by atoms with van der Waals surface area (Å²) in [5, 5.41) is 2.37. The maximum atomic E-state index is 6.51.